The first-order valence-corrected chi connectivity index (χ1v) is 9.80. The van der Waals surface area contributed by atoms with Crippen LogP contribution in [-0.2, 0) is 4.74 Å². The molecule has 5 nitrogen and oxygen atoms in total. The molecule has 0 unspecified atom stereocenters. The van der Waals surface area contributed by atoms with Crippen molar-refractivity contribution < 1.29 is 9.53 Å². The van der Waals surface area contributed by atoms with Gasteiger partial charge in [0, 0.05) is 23.9 Å². The number of alkyl carbamates (subject to hydrolysis) is 1. The first kappa shape index (κ1) is 18.0. The zero-order valence-electron chi connectivity index (χ0n) is 16.2. The summed E-state index contributed by atoms with van der Waals surface area (Å²) < 4.78 is 5.50. The number of benzene rings is 2. The Bertz CT molecular complexity index is 1250. The number of nitrogens with one attached hydrogen (secondary N) is 2. The highest BCUT2D eigenvalue weighted by Gasteiger charge is 2.28. The van der Waals surface area contributed by atoms with Gasteiger partial charge in [-0.2, -0.15) is 0 Å². The predicted molar refractivity (Wildman–Crippen MR) is 116 cm³/mol. The van der Waals surface area contributed by atoms with Crippen molar-refractivity contribution >= 4 is 17.1 Å². The van der Waals surface area contributed by atoms with E-state index in [1.54, 1.807) is 6.20 Å². The second kappa shape index (κ2) is 7.76. The Morgan fingerprint density at radius 1 is 1.07 bits per heavy atom. The molecule has 146 valence electrons. The van der Waals surface area contributed by atoms with E-state index in [2.05, 4.69) is 51.4 Å². The molecule has 0 saturated heterocycles. The van der Waals surface area contributed by atoms with E-state index in [1.165, 1.54) is 22.3 Å². The zero-order valence-corrected chi connectivity index (χ0v) is 16.2. The summed E-state index contributed by atoms with van der Waals surface area (Å²) in [4.78, 5) is 19.6. The van der Waals surface area contributed by atoms with Crippen LogP contribution < -0.4 is 5.32 Å². The number of aromatic amines is 1. The summed E-state index contributed by atoms with van der Waals surface area (Å²) in [5.74, 6) is 5.98. The van der Waals surface area contributed by atoms with Gasteiger partial charge in [0.1, 0.15) is 6.61 Å². The van der Waals surface area contributed by atoms with Crippen molar-refractivity contribution in [3.8, 4) is 23.0 Å². The average molecular weight is 393 g/mol. The number of nitrogens with zero attached hydrogens (tertiary/aromatic N) is 1. The molecule has 0 bridgehead atoms. The topological polar surface area (TPSA) is 67.0 Å². The molecule has 0 radical (unpaired) electrons. The molecule has 2 heterocycles. The highest BCUT2D eigenvalue weighted by molar-refractivity contribution is 5.79. The van der Waals surface area contributed by atoms with E-state index in [-0.39, 0.29) is 12.5 Å². The lowest BCUT2D eigenvalue weighted by molar-refractivity contribution is 0.144. The van der Waals surface area contributed by atoms with Crippen molar-refractivity contribution in [1.82, 2.24) is 15.3 Å². The van der Waals surface area contributed by atoms with Gasteiger partial charge in [-0.3, -0.25) is 4.98 Å². The van der Waals surface area contributed by atoms with Gasteiger partial charge < -0.3 is 15.0 Å². The fourth-order valence-corrected chi connectivity index (χ4v) is 3.91. The van der Waals surface area contributed by atoms with Gasteiger partial charge in [-0.1, -0.05) is 60.4 Å². The lowest BCUT2D eigenvalue weighted by Crippen LogP contribution is -2.26. The van der Waals surface area contributed by atoms with Crippen LogP contribution in [0.4, 0.5) is 4.79 Å². The minimum absolute atomic E-state index is 0.0489. The number of pyridine rings is 1. The lowest BCUT2D eigenvalue weighted by atomic mass is 9.98. The molecule has 5 rings (SSSR count). The van der Waals surface area contributed by atoms with Gasteiger partial charge in [-0.15, -0.1) is 0 Å². The van der Waals surface area contributed by atoms with Crippen LogP contribution in [0, 0.1) is 11.8 Å². The Morgan fingerprint density at radius 2 is 1.80 bits per heavy atom. The number of carbonyl (C=O) groups is 1. The van der Waals surface area contributed by atoms with Crippen LogP contribution in [0.3, 0.4) is 0 Å². The molecule has 0 saturated carbocycles. The number of hydrogen-bond acceptors (Lipinski definition) is 3. The zero-order chi connectivity index (χ0) is 20.3. The maximum Gasteiger partial charge on any atom is 0.407 e. The Kier molecular flexibility index (Phi) is 4.66. The summed E-state index contributed by atoms with van der Waals surface area (Å²) in [6.45, 7) is 0.500. The molecule has 2 aromatic carbocycles. The van der Waals surface area contributed by atoms with Gasteiger partial charge in [0.05, 0.1) is 17.6 Å². The summed E-state index contributed by atoms with van der Waals surface area (Å²) >= 11 is 0. The fourth-order valence-electron chi connectivity index (χ4n) is 3.91. The molecule has 0 fully saturated rings. The highest BCUT2D eigenvalue weighted by atomic mass is 16.5. The first-order chi connectivity index (χ1) is 14.8. The number of aromatic nitrogens is 2. The summed E-state index contributed by atoms with van der Waals surface area (Å²) in [6.07, 6.45) is 3.09. The number of H-pyrrole nitrogens is 1. The third-order valence-electron chi connectivity index (χ3n) is 5.30. The molecule has 4 aromatic rings. The quantitative estimate of drug-likeness (QED) is 0.505. The van der Waals surface area contributed by atoms with Crippen LogP contribution in [0.2, 0.25) is 0 Å². The van der Waals surface area contributed by atoms with E-state index in [1.807, 2.05) is 42.6 Å². The largest absolute Gasteiger partial charge is 0.449 e. The molecule has 5 heteroatoms. The highest BCUT2D eigenvalue weighted by Crippen LogP contribution is 2.44. The van der Waals surface area contributed by atoms with Gasteiger partial charge >= 0.3 is 6.09 Å². The smallest absolute Gasteiger partial charge is 0.407 e. The Hall–Kier alpha value is -4.04. The molecule has 1 aliphatic rings. The number of rotatable bonds is 3. The van der Waals surface area contributed by atoms with Crippen LogP contribution >= 0.6 is 0 Å². The van der Waals surface area contributed by atoms with Crippen molar-refractivity contribution in [2.24, 2.45) is 0 Å². The molecule has 30 heavy (non-hydrogen) atoms. The van der Waals surface area contributed by atoms with E-state index in [0.717, 1.165) is 16.6 Å². The van der Waals surface area contributed by atoms with Crippen LogP contribution in [-0.4, -0.2) is 29.2 Å². The second-order valence-corrected chi connectivity index (χ2v) is 7.12. The van der Waals surface area contributed by atoms with E-state index >= 15 is 0 Å². The minimum atomic E-state index is -0.468. The monoisotopic (exact) mass is 393 g/mol. The molecule has 0 atom stereocenters. The number of amides is 1. The first-order valence-electron chi connectivity index (χ1n) is 9.80. The molecule has 2 aromatic heterocycles. The summed E-state index contributed by atoms with van der Waals surface area (Å²) in [6, 6.07) is 20.4. The molecule has 0 aliphatic heterocycles. The predicted octanol–water partition coefficient (Wildman–Crippen LogP) is 4.45. The normalized spacial score (nSPS) is 12.0. The molecule has 1 amide bonds. The van der Waals surface area contributed by atoms with Crippen molar-refractivity contribution in [2.45, 2.75) is 5.92 Å². The van der Waals surface area contributed by atoms with Crippen LogP contribution in [0.1, 0.15) is 22.6 Å². The van der Waals surface area contributed by atoms with E-state index in [9.17, 15) is 4.79 Å². The average Bonchev–Trinajstić information content (AvgIpc) is 3.37. The van der Waals surface area contributed by atoms with Gasteiger partial charge in [0.15, 0.2) is 0 Å². The van der Waals surface area contributed by atoms with Crippen LogP contribution in [0.25, 0.3) is 22.2 Å². The number of fused-ring (bicyclic) bond motifs is 4. The lowest BCUT2D eigenvalue weighted by Gasteiger charge is -2.14. The maximum absolute atomic E-state index is 12.2. The van der Waals surface area contributed by atoms with Crippen LogP contribution in [0.15, 0.2) is 73.1 Å². The summed E-state index contributed by atoms with van der Waals surface area (Å²) in [5, 5.41) is 2.69. The molecule has 2 N–H and O–H groups in total. The van der Waals surface area contributed by atoms with Gasteiger partial charge in [0.2, 0.25) is 0 Å². The Morgan fingerprint density at radius 3 is 2.57 bits per heavy atom. The number of carbonyl (C=O) groups excluding carboxylic acids is 1. The maximum atomic E-state index is 12.2. The SMILES string of the molecule is O=C(NCC#Cc1cnc2cc[nH]c2c1)OCC1c2ccccc2-c2ccccc21. The number of hydrogen-bond donors (Lipinski definition) is 2. The Balaban J connectivity index is 1.19. The van der Waals surface area contributed by atoms with Gasteiger partial charge in [-0.25, -0.2) is 4.79 Å². The van der Waals surface area contributed by atoms with E-state index < -0.39 is 6.09 Å². The molecule has 1 aliphatic carbocycles. The third kappa shape index (κ3) is 3.40. The standard InChI is InChI=1S/C25H19N3O2/c29-25(27-12-5-6-17-14-24-23(28-15-17)11-13-26-24)30-16-22-20-9-3-1-7-18(20)19-8-2-4-10-21(19)22/h1-4,7-11,13-15,22,26H,12,16H2,(H,27,29). The molecular weight excluding hydrogens is 374 g/mol. The third-order valence-corrected chi connectivity index (χ3v) is 5.30. The Labute approximate surface area is 174 Å². The fraction of sp³-hybridized carbons (Fsp3) is 0.120. The van der Waals surface area contributed by atoms with Crippen molar-refractivity contribution in [2.75, 3.05) is 13.2 Å². The van der Waals surface area contributed by atoms with E-state index in [0.29, 0.717) is 6.61 Å². The summed E-state index contributed by atoms with van der Waals surface area (Å²) in [5.41, 5.74) is 7.43. The second-order valence-electron chi connectivity index (χ2n) is 7.12. The minimum Gasteiger partial charge on any atom is -0.449 e. The van der Waals surface area contributed by atoms with Crippen molar-refractivity contribution in [3.05, 3.63) is 89.7 Å². The number of ether oxygens (including phenoxy) is 1. The van der Waals surface area contributed by atoms with Gasteiger partial charge in [0.25, 0.3) is 0 Å². The van der Waals surface area contributed by atoms with E-state index in [4.69, 9.17) is 4.74 Å². The molecule has 0 spiro atoms. The van der Waals surface area contributed by atoms with Gasteiger partial charge in [-0.05, 0) is 34.4 Å². The van der Waals surface area contributed by atoms with Crippen LogP contribution in [0.5, 0.6) is 0 Å². The van der Waals surface area contributed by atoms with Crippen molar-refractivity contribution in [1.29, 1.82) is 0 Å². The van der Waals surface area contributed by atoms with Crippen molar-refractivity contribution in [3.63, 3.8) is 0 Å². The summed E-state index contributed by atoms with van der Waals surface area (Å²) in [7, 11) is 0. The molecular formula is C25H19N3O2.